The topological polar surface area (TPSA) is 150 Å². The van der Waals surface area contributed by atoms with Crippen molar-refractivity contribution in [3.05, 3.63) is 24.3 Å². The lowest BCUT2D eigenvalue weighted by molar-refractivity contribution is -0.293. The standard InChI is InChI=1S/C42H60O13/c1-19-13-23-5-7-27-20(2)14-25(46-27)9-11-42-18-33-38(54-42)39-40(52-33)41(55-42)37-29(51-39)8-6-24(48-37)15-34(45)53-36-22(4)35-31(16-26(44)28(50-35)10-12-43)49-32(36)17-30(47-23)21(19)3/h19,22-33,35-41,43-44H,2-3,5-18H2,1,4H3/t19?,22-,23?,24?,25-,26?,27?,28?,29?,30+,31-,32?,33+,35-,36?,37-,38?,39-,40+,41?,42-/m0/s1. The lowest BCUT2D eigenvalue weighted by atomic mass is 9.79. The van der Waals surface area contributed by atoms with Gasteiger partial charge in [-0.3, -0.25) is 4.79 Å². The van der Waals surface area contributed by atoms with Gasteiger partial charge in [-0.05, 0) is 68.4 Å². The van der Waals surface area contributed by atoms with Crippen molar-refractivity contribution in [3.8, 4) is 0 Å². The maximum absolute atomic E-state index is 14.0. The van der Waals surface area contributed by atoms with Crippen molar-refractivity contribution in [2.75, 3.05) is 6.61 Å². The van der Waals surface area contributed by atoms with Crippen LogP contribution in [0.4, 0.5) is 0 Å². The van der Waals surface area contributed by atoms with Gasteiger partial charge in [-0.25, -0.2) is 0 Å². The fourth-order valence-electron chi connectivity index (χ4n) is 11.9. The molecule has 11 saturated heterocycles. The maximum atomic E-state index is 14.0. The molecule has 11 unspecified atom stereocenters. The molecule has 11 rings (SSSR count). The Hall–Kier alpha value is -1.49. The second kappa shape index (κ2) is 14.7. The first-order chi connectivity index (χ1) is 26.5. The lowest BCUT2D eigenvalue weighted by Gasteiger charge is -2.51. The number of ether oxygens (including phenoxy) is 10. The molecule has 306 valence electrons. The predicted octanol–water partition coefficient (Wildman–Crippen LogP) is 3.59. The van der Waals surface area contributed by atoms with Gasteiger partial charge in [0.25, 0.3) is 0 Å². The highest BCUT2D eigenvalue weighted by atomic mass is 16.8. The zero-order valence-corrected chi connectivity index (χ0v) is 32.2. The predicted molar refractivity (Wildman–Crippen MR) is 193 cm³/mol. The van der Waals surface area contributed by atoms with Gasteiger partial charge >= 0.3 is 5.97 Å². The van der Waals surface area contributed by atoms with Crippen molar-refractivity contribution in [2.24, 2.45) is 11.8 Å². The summed E-state index contributed by atoms with van der Waals surface area (Å²) >= 11 is 0. The van der Waals surface area contributed by atoms with Crippen molar-refractivity contribution in [3.63, 3.8) is 0 Å². The molecule has 11 heterocycles. The van der Waals surface area contributed by atoms with E-state index in [0.717, 1.165) is 49.7 Å². The van der Waals surface area contributed by atoms with E-state index in [0.29, 0.717) is 38.5 Å². The van der Waals surface area contributed by atoms with Gasteiger partial charge in [-0.15, -0.1) is 0 Å². The van der Waals surface area contributed by atoms with Crippen LogP contribution in [0, 0.1) is 11.8 Å². The molecule has 2 N–H and O–H groups in total. The van der Waals surface area contributed by atoms with E-state index < -0.39 is 48.5 Å². The van der Waals surface area contributed by atoms with E-state index in [9.17, 15) is 15.0 Å². The van der Waals surface area contributed by atoms with Crippen molar-refractivity contribution in [2.45, 2.75) is 213 Å². The SMILES string of the molecule is C=C1C[C@@H]2CC[C@@]34C[C@H]5O[C@H]6C(O3)[C@H]3OC(CCC3O[C@H]6C5O4)CC(=O)OC3C(C[C@H]4OC(CCC1O2)CC(C)C4=C)O[C@H]1CC(O)C(CCO)O[C@H]1[C@@H]3C. The van der Waals surface area contributed by atoms with Crippen LogP contribution in [0.5, 0.6) is 0 Å². The molecule has 12 bridgehead atoms. The Morgan fingerprint density at radius 3 is 2.27 bits per heavy atom. The molecule has 13 nitrogen and oxygen atoms in total. The summed E-state index contributed by atoms with van der Waals surface area (Å²) in [5.41, 5.74) is 2.14. The van der Waals surface area contributed by atoms with Crippen LogP contribution >= 0.6 is 0 Å². The van der Waals surface area contributed by atoms with Crippen molar-refractivity contribution in [1.82, 2.24) is 0 Å². The minimum Gasteiger partial charge on any atom is -0.459 e. The summed E-state index contributed by atoms with van der Waals surface area (Å²) in [6, 6.07) is 0. The first-order valence-corrected chi connectivity index (χ1v) is 21.3. The molecule has 11 fully saturated rings. The van der Waals surface area contributed by atoms with E-state index in [2.05, 4.69) is 20.1 Å². The summed E-state index contributed by atoms with van der Waals surface area (Å²) in [5.74, 6) is -1.18. The highest BCUT2D eigenvalue weighted by molar-refractivity contribution is 5.70. The van der Waals surface area contributed by atoms with Crippen LogP contribution < -0.4 is 0 Å². The summed E-state index contributed by atoms with van der Waals surface area (Å²) in [6.07, 6.45) is 2.38. The van der Waals surface area contributed by atoms with E-state index in [1.807, 2.05) is 6.92 Å². The van der Waals surface area contributed by atoms with E-state index in [1.54, 1.807) is 0 Å². The van der Waals surface area contributed by atoms with Gasteiger partial charge < -0.3 is 57.6 Å². The number of carbonyl (C=O) groups is 1. The number of hydrogen-bond acceptors (Lipinski definition) is 13. The van der Waals surface area contributed by atoms with Crippen LogP contribution in [0.2, 0.25) is 0 Å². The zero-order valence-electron chi connectivity index (χ0n) is 32.2. The van der Waals surface area contributed by atoms with Gasteiger partial charge in [0.15, 0.2) is 5.79 Å². The lowest BCUT2D eigenvalue weighted by Crippen LogP contribution is -2.62. The molecule has 0 aromatic rings. The summed E-state index contributed by atoms with van der Waals surface area (Å²) in [7, 11) is 0. The van der Waals surface area contributed by atoms with Crippen LogP contribution in [-0.2, 0) is 52.2 Å². The smallest absolute Gasteiger partial charge is 0.308 e. The van der Waals surface area contributed by atoms with Crippen LogP contribution in [0.25, 0.3) is 0 Å². The molecular formula is C42H60O13. The van der Waals surface area contributed by atoms with Gasteiger partial charge in [-0.1, -0.05) is 27.0 Å². The number of aliphatic hydroxyl groups excluding tert-OH is 2. The zero-order chi connectivity index (χ0) is 37.7. The van der Waals surface area contributed by atoms with E-state index in [1.165, 1.54) is 0 Å². The number of rotatable bonds is 2. The van der Waals surface area contributed by atoms with Crippen LogP contribution in [-0.4, -0.2) is 138 Å². The van der Waals surface area contributed by atoms with Gasteiger partial charge in [0.1, 0.15) is 36.6 Å². The van der Waals surface area contributed by atoms with Crippen molar-refractivity contribution >= 4 is 5.97 Å². The summed E-state index contributed by atoms with van der Waals surface area (Å²) in [4.78, 5) is 14.0. The number of aliphatic hydroxyl groups is 2. The first-order valence-electron chi connectivity index (χ1n) is 21.3. The Kier molecular flexibility index (Phi) is 10.1. The molecule has 21 atom stereocenters. The third-order valence-corrected chi connectivity index (χ3v) is 14.8. The Morgan fingerprint density at radius 2 is 1.42 bits per heavy atom. The molecule has 0 saturated carbocycles. The average molecular weight is 773 g/mol. The van der Waals surface area contributed by atoms with Gasteiger partial charge in [-0.2, -0.15) is 0 Å². The quantitative estimate of drug-likeness (QED) is 0.312. The Labute approximate surface area is 323 Å². The molecule has 13 heteroatoms. The molecule has 0 aromatic carbocycles. The normalized spacial score (nSPS) is 54.9. The molecule has 11 aliphatic rings. The van der Waals surface area contributed by atoms with Crippen LogP contribution in [0.15, 0.2) is 24.3 Å². The summed E-state index contributed by atoms with van der Waals surface area (Å²) < 4.78 is 66.9. The van der Waals surface area contributed by atoms with Gasteiger partial charge in [0, 0.05) is 38.2 Å². The monoisotopic (exact) mass is 772 g/mol. The number of esters is 1. The Bertz CT molecular complexity index is 1490. The van der Waals surface area contributed by atoms with Crippen molar-refractivity contribution in [1.29, 1.82) is 0 Å². The second-order valence-electron chi connectivity index (χ2n) is 18.5. The van der Waals surface area contributed by atoms with Crippen molar-refractivity contribution < 1.29 is 62.4 Å². The number of carbonyl (C=O) groups excluding carboxylic acids is 1. The fraction of sp³-hybridized carbons (Fsp3) is 0.881. The van der Waals surface area contributed by atoms with Gasteiger partial charge in [0.05, 0.1) is 79.7 Å². The van der Waals surface area contributed by atoms with E-state index >= 15 is 0 Å². The number of hydrogen-bond donors (Lipinski definition) is 2. The average Bonchev–Trinajstić information content (AvgIpc) is 3.74. The largest absolute Gasteiger partial charge is 0.459 e. The van der Waals surface area contributed by atoms with Gasteiger partial charge in [0.2, 0.25) is 0 Å². The highest BCUT2D eigenvalue weighted by Crippen LogP contribution is 2.54. The first kappa shape index (κ1) is 37.8. The van der Waals surface area contributed by atoms with Crippen LogP contribution in [0.3, 0.4) is 0 Å². The highest BCUT2D eigenvalue weighted by Gasteiger charge is 2.69. The molecule has 0 amide bonds. The van der Waals surface area contributed by atoms with Crippen LogP contribution in [0.1, 0.15) is 97.3 Å². The molecule has 0 aromatic heterocycles. The number of fused-ring (bicyclic) bond motifs is 7. The molecule has 55 heavy (non-hydrogen) atoms. The molecule has 0 radical (unpaired) electrons. The minimum atomic E-state index is -0.808. The molecule has 0 aliphatic carbocycles. The maximum Gasteiger partial charge on any atom is 0.308 e. The third kappa shape index (κ3) is 6.79. The Balaban J connectivity index is 0.934. The molecule has 1 spiro atoms. The molecule has 11 aliphatic heterocycles. The molecular weight excluding hydrogens is 712 g/mol. The second-order valence-corrected chi connectivity index (χ2v) is 18.5. The Morgan fingerprint density at radius 1 is 0.673 bits per heavy atom. The third-order valence-electron chi connectivity index (χ3n) is 14.8. The fourth-order valence-corrected chi connectivity index (χ4v) is 11.9. The van der Waals surface area contributed by atoms with E-state index in [-0.39, 0.29) is 98.0 Å². The van der Waals surface area contributed by atoms with E-state index in [4.69, 9.17) is 47.4 Å². The minimum absolute atomic E-state index is 0.00281. The summed E-state index contributed by atoms with van der Waals surface area (Å²) in [5, 5.41) is 20.6. The summed E-state index contributed by atoms with van der Waals surface area (Å²) in [6.45, 7) is 13.1.